The Kier molecular flexibility index (Phi) is 6.52. The average Bonchev–Trinajstić information content (AvgIpc) is 2.38. The van der Waals surface area contributed by atoms with Gasteiger partial charge < -0.3 is 15.4 Å². The van der Waals surface area contributed by atoms with Crippen LogP contribution in [0.2, 0.25) is 0 Å². The zero-order valence-corrected chi connectivity index (χ0v) is 10.7. The van der Waals surface area contributed by atoms with Crippen molar-refractivity contribution >= 4 is 17.5 Å². The molecule has 0 aliphatic heterocycles. The van der Waals surface area contributed by atoms with E-state index in [1.165, 1.54) is 18.2 Å². The molecule has 104 valence electrons. The van der Waals surface area contributed by atoms with Crippen LogP contribution in [0.1, 0.15) is 13.3 Å². The molecule has 0 unspecified atom stereocenters. The van der Waals surface area contributed by atoms with Crippen LogP contribution in [0.4, 0.5) is 10.1 Å². The van der Waals surface area contributed by atoms with E-state index in [1.807, 2.05) is 6.92 Å². The number of rotatable bonds is 6. The second-order valence-corrected chi connectivity index (χ2v) is 3.77. The van der Waals surface area contributed by atoms with Gasteiger partial charge in [0.2, 0.25) is 0 Å². The first-order valence-electron chi connectivity index (χ1n) is 6.06. The summed E-state index contributed by atoms with van der Waals surface area (Å²) in [6.45, 7) is 3.39. The number of halogens is 1. The van der Waals surface area contributed by atoms with Crippen molar-refractivity contribution in [1.29, 1.82) is 0 Å². The predicted molar refractivity (Wildman–Crippen MR) is 69.1 cm³/mol. The number of benzene rings is 1. The van der Waals surface area contributed by atoms with Gasteiger partial charge in [-0.2, -0.15) is 0 Å². The number of anilines is 1. The maximum absolute atomic E-state index is 12.9. The molecule has 1 aromatic rings. The minimum Gasteiger partial charge on any atom is -0.382 e. The van der Waals surface area contributed by atoms with Crippen molar-refractivity contribution in [2.75, 3.05) is 25.1 Å². The van der Waals surface area contributed by atoms with Crippen molar-refractivity contribution in [1.82, 2.24) is 5.32 Å². The van der Waals surface area contributed by atoms with Crippen molar-refractivity contribution in [2.24, 2.45) is 0 Å². The Morgan fingerprint density at radius 2 is 2.11 bits per heavy atom. The van der Waals surface area contributed by atoms with Gasteiger partial charge in [0.15, 0.2) is 0 Å². The number of nitrogens with one attached hydrogen (secondary N) is 2. The van der Waals surface area contributed by atoms with Crippen LogP contribution in [-0.4, -0.2) is 31.6 Å². The molecule has 0 aliphatic carbocycles. The van der Waals surface area contributed by atoms with Crippen LogP contribution in [-0.2, 0) is 14.3 Å². The Morgan fingerprint density at radius 3 is 2.79 bits per heavy atom. The van der Waals surface area contributed by atoms with Gasteiger partial charge in [-0.25, -0.2) is 4.39 Å². The maximum atomic E-state index is 12.9. The first-order chi connectivity index (χ1) is 9.13. The van der Waals surface area contributed by atoms with Gasteiger partial charge in [-0.3, -0.25) is 9.59 Å². The van der Waals surface area contributed by atoms with Crippen LogP contribution in [0.5, 0.6) is 0 Å². The number of hydrogen-bond donors (Lipinski definition) is 2. The molecule has 0 radical (unpaired) electrons. The molecule has 0 saturated carbocycles. The topological polar surface area (TPSA) is 67.4 Å². The lowest BCUT2D eigenvalue weighted by atomic mass is 10.3. The summed E-state index contributed by atoms with van der Waals surface area (Å²) >= 11 is 0. The molecule has 0 aliphatic rings. The van der Waals surface area contributed by atoms with Crippen molar-refractivity contribution in [3.8, 4) is 0 Å². The molecular weight excluding hydrogens is 251 g/mol. The summed E-state index contributed by atoms with van der Waals surface area (Å²) in [6.07, 6.45) is 0.632. The third kappa shape index (κ3) is 5.96. The molecule has 2 amide bonds. The highest BCUT2D eigenvalue weighted by atomic mass is 19.1. The normalized spacial score (nSPS) is 10.0. The number of carbonyl (C=O) groups is 2. The molecule has 6 heteroatoms. The summed E-state index contributed by atoms with van der Waals surface area (Å²) in [5, 5.41) is 4.76. The average molecular weight is 268 g/mol. The van der Waals surface area contributed by atoms with Crippen LogP contribution in [0, 0.1) is 5.82 Å². The molecule has 0 heterocycles. The van der Waals surface area contributed by atoms with Gasteiger partial charge in [-0.1, -0.05) is 6.07 Å². The summed E-state index contributed by atoms with van der Waals surface area (Å²) in [6, 6.07) is 5.35. The van der Waals surface area contributed by atoms with Crippen LogP contribution in [0.3, 0.4) is 0 Å². The highest BCUT2D eigenvalue weighted by Crippen LogP contribution is 2.08. The number of ether oxygens (including phenoxy) is 1. The van der Waals surface area contributed by atoms with E-state index >= 15 is 0 Å². The first-order valence-corrected chi connectivity index (χ1v) is 6.06. The van der Waals surface area contributed by atoms with Gasteiger partial charge in [0, 0.05) is 25.4 Å². The van der Waals surface area contributed by atoms with E-state index in [-0.39, 0.29) is 5.69 Å². The second kappa shape index (κ2) is 8.20. The lowest BCUT2D eigenvalue weighted by Crippen LogP contribution is -2.36. The molecule has 19 heavy (non-hydrogen) atoms. The molecular formula is C13H17FN2O3. The van der Waals surface area contributed by atoms with Crippen molar-refractivity contribution < 1.29 is 18.7 Å². The van der Waals surface area contributed by atoms with Crippen molar-refractivity contribution in [3.63, 3.8) is 0 Å². The van der Waals surface area contributed by atoms with Crippen LogP contribution in [0.25, 0.3) is 0 Å². The molecule has 0 spiro atoms. The van der Waals surface area contributed by atoms with E-state index in [2.05, 4.69) is 10.6 Å². The van der Waals surface area contributed by atoms with E-state index in [0.29, 0.717) is 26.2 Å². The standard InChI is InChI=1S/C13H17FN2O3/c1-2-19-8-4-7-15-12(17)13(18)16-11-6-3-5-10(14)9-11/h3,5-6,9H,2,4,7-8H2,1H3,(H,15,17)(H,16,18). The Morgan fingerprint density at radius 1 is 1.32 bits per heavy atom. The Hall–Kier alpha value is -1.95. The Bertz CT molecular complexity index is 438. The number of hydrogen-bond acceptors (Lipinski definition) is 3. The number of carbonyl (C=O) groups excluding carboxylic acids is 2. The molecule has 1 aromatic carbocycles. The molecule has 0 aromatic heterocycles. The van der Waals surface area contributed by atoms with Crippen LogP contribution in [0.15, 0.2) is 24.3 Å². The van der Waals surface area contributed by atoms with Gasteiger partial charge in [-0.05, 0) is 31.5 Å². The third-order valence-corrected chi connectivity index (χ3v) is 2.24. The Balaban J connectivity index is 2.31. The summed E-state index contributed by atoms with van der Waals surface area (Å²) in [5.41, 5.74) is 0.245. The SMILES string of the molecule is CCOCCCNC(=O)C(=O)Nc1cccc(F)c1. The quantitative estimate of drug-likeness (QED) is 0.604. The van der Waals surface area contributed by atoms with Gasteiger partial charge in [0.25, 0.3) is 0 Å². The summed E-state index contributed by atoms with van der Waals surface area (Å²) in [7, 11) is 0. The smallest absolute Gasteiger partial charge is 0.313 e. The zero-order valence-electron chi connectivity index (χ0n) is 10.7. The van der Waals surface area contributed by atoms with Gasteiger partial charge in [0.1, 0.15) is 5.82 Å². The van der Waals surface area contributed by atoms with E-state index < -0.39 is 17.6 Å². The zero-order chi connectivity index (χ0) is 14.1. The largest absolute Gasteiger partial charge is 0.382 e. The van der Waals surface area contributed by atoms with E-state index in [0.717, 1.165) is 6.07 Å². The first kappa shape index (κ1) is 15.1. The summed E-state index contributed by atoms with van der Waals surface area (Å²) in [4.78, 5) is 22.9. The van der Waals surface area contributed by atoms with Crippen LogP contribution < -0.4 is 10.6 Å². The fraction of sp³-hybridized carbons (Fsp3) is 0.385. The minimum absolute atomic E-state index is 0.245. The number of amides is 2. The molecule has 5 nitrogen and oxygen atoms in total. The van der Waals surface area contributed by atoms with Gasteiger partial charge >= 0.3 is 11.8 Å². The van der Waals surface area contributed by atoms with E-state index in [4.69, 9.17) is 4.74 Å². The predicted octanol–water partition coefficient (Wildman–Crippen LogP) is 1.31. The Labute approximate surface area is 111 Å². The van der Waals surface area contributed by atoms with Crippen LogP contribution >= 0.6 is 0 Å². The second-order valence-electron chi connectivity index (χ2n) is 3.77. The fourth-order valence-electron chi connectivity index (χ4n) is 1.35. The van der Waals surface area contributed by atoms with Crippen molar-refractivity contribution in [2.45, 2.75) is 13.3 Å². The molecule has 1 rings (SSSR count). The van der Waals surface area contributed by atoms with Gasteiger partial charge in [0.05, 0.1) is 0 Å². The van der Waals surface area contributed by atoms with E-state index in [1.54, 1.807) is 0 Å². The van der Waals surface area contributed by atoms with Gasteiger partial charge in [-0.15, -0.1) is 0 Å². The summed E-state index contributed by atoms with van der Waals surface area (Å²) in [5.74, 6) is -2.04. The third-order valence-electron chi connectivity index (χ3n) is 2.24. The lowest BCUT2D eigenvalue weighted by Gasteiger charge is -2.06. The highest BCUT2D eigenvalue weighted by molar-refractivity contribution is 6.39. The molecule has 0 saturated heterocycles. The molecule has 0 bridgehead atoms. The molecule has 0 atom stereocenters. The minimum atomic E-state index is -0.818. The fourth-order valence-corrected chi connectivity index (χ4v) is 1.35. The monoisotopic (exact) mass is 268 g/mol. The van der Waals surface area contributed by atoms with E-state index in [9.17, 15) is 14.0 Å². The molecule has 0 fully saturated rings. The summed E-state index contributed by atoms with van der Waals surface area (Å²) < 4.78 is 18.0. The highest BCUT2D eigenvalue weighted by Gasteiger charge is 2.12. The van der Waals surface area contributed by atoms with Crippen molar-refractivity contribution in [3.05, 3.63) is 30.1 Å². The molecule has 2 N–H and O–H groups in total. The lowest BCUT2D eigenvalue weighted by molar-refractivity contribution is -0.136. The maximum Gasteiger partial charge on any atom is 0.313 e.